The summed E-state index contributed by atoms with van der Waals surface area (Å²) in [5.74, 6) is 0. The molecule has 1 aliphatic heterocycles. The molecule has 2 radical (unpaired) electrons. The molecule has 2 unspecified atom stereocenters. The summed E-state index contributed by atoms with van der Waals surface area (Å²) in [5, 5.41) is 10.1. The van der Waals surface area contributed by atoms with Gasteiger partial charge >= 0.3 is 20.9 Å². The van der Waals surface area contributed by atoms with Crippen LogP contribution in [-0.4, -0.2) is 86.5 Å². The van der Waals surface area contributed by atoms with Gasteiger partial charge in [-0.3, -0.25) is 9.13 Å². The minimum atomic E-state index is -6.04. The molecule has 6 N–H and O–H groups in total. The Hall–Kier alpha value is 0.325. The van der Waals surface area contributed by atoms with Crippen molar-refractivity contribution in [2.24, 2.45) is 0 Å². The molecular formula is C10H20BF2O11P3. The largest absolute Gasteiger partial charge is 0.394 e. The summed E-state index contributed by atoms with van der Waals surface area (Å²) < 4.78 is 65.1. The number of hydrogen-bond donors (Lipinski definition) is 6. The third kappa shape index (κ3) is 6.40. The van der Waals surface area contributed by atoms with E-state index in [1.807, 2.05) is 0 Å². The maximum atomic E-state index is 14.1. The van der Waals surface area contributed by atoms with Crippen LogP contribution in [0.25, 0.3) is 0 Å². The Kier molecular flexibility index (Phi) is 7.72. The molecular weight excluding hydrogens is 438 g/mol. The van der Waals surface area contributed by atoms with Gasteiger partial charge in [-0.05, 0) is 12.7 Å². The van der Waals surface area contributed by atoms with Crippen LogP contribution < -0.4 is 0 Å². The van der Waals surface area contributed by atoms with Gasteiger partial charge in [0.15, 0.2) is 0 Å². The minimum absolute atomic E-state index is 0.938. The van der Waals surface area contributed by atoms with E-state index in [1.165, 1.54) is 0 Å². The molecule has 27 heavy (non-hydrogen) atoms. The summed E-state index contributed by atoms with van der Waals surface area (Å²) in [4.78, 5) is 45.7. The quantitative estimate of drug-likeness (QED) is 0.195. The number of alkyl halides is 2. The molecule has 1 heterocycles. The first-order chi connectivity index (χ1) is 11.9. The van der Waals surface area contributed by atoms with Crippen LogP contribution in [0.3, 0.4) is 0 Å². The van der Waals surface area contributed by atoms with E-state index in [1.54, 1.807) is 0 Å². The van der Waals surface area contributed by atoms with Crippen LogP contribution in [0, 0.1) is 0 Å². The van der Waals surface area contributed by atoms with E-state index in [9.17, 15) is 27.9 Å². The highest BCUT2D eigenvalue weighted by molar-refractivity contribution is 7.58. The van der Waals surface area contributed by atoms with Gasteiger partial charge in [-0.15, -0.1) is 0 Å². The van der Waals surface area contributed by atoms with E-state index in [-0.39, 0.29) is 0 Å². The maximum absolute atomic E-state index is 14.1. The number of aliphatic hydroxyl groups is 1. The van der Waals surface area contributed by atoms with Crippen LogP contribution in [0.4, 0.5) is 8.78 Å². The van der Waals surface area contributed by atoms with Gasteiger partial charge in [-0.1, -0.05) is 0 Å². The van der Waals surface area contributed by atoms with Gasteiger partial charge < -0.3 is 43.4 Å². The third-order valence-corrected chi connectivity index (χ3v) is 6.81. The zero-order chi connectivity index (χ0) is 21.5. The Morgan fingerprint density at radius 3 is 2.19 bits per heavy atom. The summed E-state index contributed by atoms with van der Waals surface area (Å²) in [6.45, 7) is 0. The highest BCUT2D eigenvalue weighted by Gasteiger charge is 2.63. The molecule has 0 saturated carbocycles. The van der Waals surface area contributed by atoms with Crippen molar-refractivity contribution < 1.29 is 61.3 Å². The van der Waals surface area contributed by atoms with Crippen LogP contribution in [-0.2, 0) is 22.9 Å². The fourth-order valence-electron chi connectivity index (χ4n) is 2.50. The zero-order valence-corrected chi connectivity index (χ0v) is 16.6. The van der Waals surface area contributed by atoms with Crippen molar-refractivity contribution in [2.75, 3.05) is 13.3 Å². The lowest BCUT2D eigenvalue weighted by molar-refractivity contribution is -0.113. The molecule has 0 aromatic carbocycles. The van der Waals surface area contributed by atoms with Gasteiger partial charge in [0, 0.05) is 13.1 Å². The molecule has 0 spiro atoms. The van der Waals surface area contributed by atoms with E-state index < -0.39 is 71.2 Å². The molecule has 0 amide bonds. The van der Waals surface area contributed by atoms with Crippen molar-refractivity contribution in [2.45, 2.75) is 42.3 Å². The van der Waals surface area contributed by atoms with E-state index in [2.05, 4.69) is 10.8 Å². The number of halogens is 2. The first-order valence-electron chi connectivity index (χ1n) is 7.16. The van der Waals surface area contributed by atoms with Gasteiger partial charge in [-0.2, -0.15) is 8.78 Å². The van der Waals surface area contributed by atoms with E-state index >= 15 is 0 Å². The van der Waals surface area contributed by atoms with Crippen molar-refractivity contribution in [1.82, 2.24) is 0 Å². The fourth-order valence-corrected chi connectivity index (χ4v) is 4.40. The first kappa shape index (κ1) is 25.4. The average Bonchev–Trinajstić information content (AvgIpc) is 2.68. The third-order valence-electron chi connectivity index (χ3n) is 3.86. The van der Waals surface area contributed by atoms with Crippen molar-refractivity contribution in [3.63, 3.8) is 0 Å². The Labute approximate surface area is 154 Å². The molecule has 5 atom stereocenters. The van der Waals surface area contributed by atoms with Crippen LogP contribution in [0.2, 0.25) is 0 Å². The molecule has 0 aliphatic carbocycles. The van der Waals surface area contributed by atoms with Gasteiger partial charge in [0.2, 0.25) is 7.57 Å². The summed E-state index contributed by atoms with van der Waals surface area (Å²) in [6, 6.07) is -1.73. The Bertz CT molecular complexity index is 681. The van der Waals surface area contributed by atoms with E-state index in [0.29, 0.717) is 0 Å². The fraction of sp³-hybridized carbons (Fsp3) is 0.900. The van der Waals surface area contributed by atoms with E-state index in [4.69, 9.17) is 36.7 Å². The number of aliphatic hydroxyl groups excluding tert-OH is 1. The number of hydrogen-bond acceptors (Lipinski definition) is 7. The van der Waals surface area contributed by atoms with Crippen LogP contribution in [0.1, 0.15) is 12.8 Å². The summed E-state index contributed by atoms with van der Waals surface area (Å²) in [7, 11) is -8.39. The highest BCUT2D eigenvalue weighted by atomic mass is 31.2. The van der Waals surface area contributed by atoms with Crippen molar-refractivity contribution in [3.05, 3.63) is 0 Å². The summed E-state index contributed by atoms with van der Waals surface area (Å²) in [6.07, 6.45) is -4.55. The molecule has 0 aromatic heterocycles. The zero-order valence-electron chi connectivity index (χ0n) is 14.0. The van der Waals surface area contributed by atoms with Crippen molar-refractivity contribution in [1.29, 1.82) is 0 Å². The molecule has 0 aromatic rings. The molecule has 0 bridgehead atoms. The molecule has 1 fully saturated rings. The van der Waals surface area contributed by atoms with Gasteiger partial charge in [-0.25, -0.2) is 0 Å². The normalized spacial score (nSPS) is 32.4. The molecule has 158 valence electrons. The Balaban J connectivity index is 3.41. The molecule has 1 saturated heterocycles. The van der Waals surface area contributed by atoms with Crippen LogP contribution in [0.15, 0.2) is 0 Å². The number of rotatable bonds is 9. The lowest BCUT2D eigenvalue weighted by Gasteiger charge is -2.38. The van der Waals surface area contributed by atoms with Crippen molar-refractivity contribution in [3.8, 4) is 0 Å². The second-order valence-electron chi connectivity index (χ2n) is 6.01. The highest BCUT2D eigenvalue weighted by Crippen LogP contribution is 2.60. The van der Waals surface area contributed by atoms with Gasteiger partial charge in [0.1, 0.15) is 25.7 Å². The Morgan fingerprint density at radius 1 is 1.26 bits per heavy atom. The smallest absolute Gasteiger partial charge is 0.388 e. The topological polar surface area (TPSA) is 183 Å². The van der Waals surface area contributed by atoms with E-state index in [0.717, 1.165) is 7.11 Å². The summed E-state index contributed by atoms with van der Waals surface area (Å²) >= 11 is 0. The predicted octanol–water partition coefficient (Wildman–Crippen LogP) is -0.442. The lowest BCUT2D eigenvalue weighted by atomic mass is 9.86. The molecule has 1 rings (SSSR count). The molecule has 1 aliphatic rings. The molecule has 11 nitrogen and oxygen atoms in total. The monoisotopic (exact) mass is 458 g/mol. The SMILES string of the molecule is [B][C@@H]1O[C@@](CCP(=O)(O)O)(CC(F)(F)P(=O)(O)O)C(OP(=C)(O)OC)[C@@H]1O. The maximum Gasteiger partial charge on any atom is 0.394 e. The second-order valence-corrected chi connectivity index (χ2v) is 11.4. The van der Waals surface area contributed by atoms with Crippen LogP contribution in [0.5, 0.6) is 0 Å². The van der Waals surface area contributed by atoms with Crippen LogP contribution >= 0.6 is 22.8 Å². The first-order valence-corrected chi connectivity index (χ1v) is 12.3. The Morgan fingerprint density at radius 2 is 1.78 bits per heavy atom. The standard InChI is InChI=1S/C10H20BF2O11P3/c1-22-25(2,15)24-7-6(14)8(11)23-9(7,3-4-26(16,17)18)5-10(12,13)27(19,20)21/h6-8,14-15H,2-5H2,1H3,(H2,16,17,18)(H2,19,20,21)/t6-,7?,8+,9-,25?/m0/s1. The summed E-state index contributed by atoms with van der Waals surface area (Å²) in [5.41, 5.74) is -7.30. The molecule has 17 heteroatoms. The average molecular weight is 458 g/mol. The van der Waals surface area contributed by atoms with Gasteiger partial charge in [0.25, 0.3) is 0 Å². The lowest BCUT2D eigenvalue weighted by Crippen LogP contribution is -2.49. The predicted molar refractivity (Wildman–Crippen MR) is 90.6 cm³/mol. The second kappa shape index (κ2) is 8.22. The van der Waals surface area contributed by atoms with Gasteiger partial charge in [0.05, 0.1) is 12.6 Å². The minimum Gasteiger partial charge on any atom is -0.388 e. The number of ether oxygens (including phenoxy) is 1. The van der Waals surface area contributed by atoms with Crippen molar-refractivity contribution >= 4 is 36.9 Å².